The number of rotatable bonds is 7. The molecule has 2 N–H and O–H groups in total. The van der Waals surface area contributed by atoms with Crippen LogP contribution in [0.1, 0.15) is 53.9 Å². The van der Waals surface area contributed by atoms with E-state index in [1.807, 2.05) is 13.8 Å². The summed E-state index contributed by atoms with van der Waals surface area (Å²) in [5.41, 5.74) is -0.816. The van der Waals surface area contributed by atoms with Crippen LogP contribution in [0.4, 0.5) is 0 Å². The van der Waals surface area contributed by atoms with Crippen molar-refractivity contribution in [3.05, 3.63) is 0 Å². The molecule has 0 heterocycles. The van der Waals surface area contributed by atoms with E-state index >= 15 is 0 Å². The smallest absolute Gasteiger partial charge is 0.220 e. The maximum Gasteiger partial charge on any atom is 0.220 e. The Morgan fingerprint density at radius 2 is 1.94 bits per heavy atom. The van der Waals surface area contributed by atoms with Crippen molar-refractivity contribution >= 4 is 5.91 Å². The highest BCUT2D eigenvalue weighted by Gasteiger charge is 2.25. The molecule has 0 aliphatic rings. The lowest BCUT2D eigenvalue weighted by atomic mass is 9.92. The number of nitrogens with one attached hydrogen (secondary N) is 1. The molecule has 96 valence electrons. The highest BCUT2D eigenvalue weighted by molar-refractivity contribution is 5.76. The van der Waals surface area contributed by atoms with Crippen molar-refractivity contribution in [2.24, 2.45) is 11.8 Å². The number of aliphatic hydroxyl groups is 1. The minimum Gasteiger partial charge on any atom is -0.388 e. The van der Waals surface area contributed by atoms with Crippen LogP contribution in [0, 0.1) is 11.8 Å². The van der Waals surface area contributed by atoms with E-state index in [0.29, 0.717) is 18.9 Å². The number of hydrogen-bond acceptors (Lipinski definition) is 2. The van der Waals surface area contributed by atoms with Crippen LogP contribution in [0.25, 0.3) is 0 Å². The average molecular weight is 229 g/mol. The molecule has 2 atom stereocenters. The molecule has 0 bridgehead atoms. The van der Waals surface area contributed by atoms with Gasteiger partial charge in [-0.1, -0.05) is 40.5 Å². The second-order valence-corrected chi connectivity index (χ2v) is 5.39. The molecule has 0 saturated heterocycles. The fraction of sp³-hybridized carbons (Fsp3) is 0.923. The normalized spacial score (nSPS) is 16.9. The topological polar surface area (TPSA) is 49.3 Å². The highest BCUT2D eigenvalue weighted by Crippen LogP contribution is 2.15. The Morgan fingerprint density at radius 1 is 1.38 bits per heavy atom. The van der Waals surface area contributed by atoms with Gasteiger partial charge in [-0.2, -0.15) is 0 Å². The second-order valence-electron chi connectivity index (χ2n) is 5.39. The van der Waals surface area contributed by atoms with Crippen LogP contribution < -0.4 is 5.32 Å². The monoisotopic (exact) mass is 229 g/mol. The molecule has 0 spiro atoms. The van der Waals surface area contributed by atoms with Crippen molar-refractivity contribution in [3.8, 4) is 0 Å². The van der Waals surface area contributed by atoms with Gasteiger partial charge in [0.1, 0.15) is 0 Å². The van der Waals surface area contributed by atoms with Gasteiger partial charge in [0.2, 0.25) is 5.91 Å². The molecule has 0 aliphatic heterocycles. The zero-order chi connectivity index (χ0) is 12.8. The van der Waals surface area contributed by atoms with Crippen LogP contribution in [0.5, 0.6) is 0 Å². The highest BCUT2D eigenvalue weighted by atomic mass is 16.3. The molecule has 2 unspecified atom stereocenters. The molecular formula is C13H27NO2. The molecule has 0 aliphatic carbocycles. The Labute approximate surface area is 99.6 Å². The van der Waals surface area contributed by atoms with Gasteiger partial charge in [0.05, 0.1) is 5.60 Å². The van der Waals surface area contributed by atoms with Crippen molar-refractivity contribution in [1.29, 1.82) is 0 Å². The van der Waals surface area contributed by atoms with Gasteiger partial charge in [0.25, 0.3) is 0 Å². The third-order valence-corrected chi connectivity index (χ3v) is 3.20. The SMILES string of the molecule is CCCC(C)CC(=O)NCC(C)(O)C(C)C. The summed E-state index contributed by atoms with van der Waals surface area (Å²) in [6.07, 6.45) is 2.74. The fourth-order valence-electron chi connectivity index (χ4n) is 1.47. The third kappa shape index (κ3) is 6.11. The van der Waals surface area contributed by atoms with Gasteiger partial charge < -0.3 is 10.4 Å². The first kappa shape index (κ1) is 15.4. The van der Waals surface area contributed by atoms with Gasteiger partial charge in [0.15, 0.2) is 0 Å². The number of carbonyl (C=O) groups is 1. The lowest BCUT2D eigenvalue weighted by Gasteiger charge is -2.28. The van der Waals surface area contributed by atoms with Crippen molar-refractivity contribution in [2.75, 3.05) is 6.54 Å². The molecule has 1 amide bonds. The van der Waals surface area contributed by atoms with E-state index < -0.39 is 5.60 Å². The van der Waals surface area contributed by atoms with Gasteiger partial charge in [-0.25, -0.2) is 0 Å². The summed E-state index contributed by atoms with van der Waals surface area (Å²) < 4.78 is 0. The fourth-order valence-corrected chi connectivity index (χ4v) is 1.47. The van der Waals surface area contributed by atoms with Crippen molar-refractivity contribution < 1.29 is 9.90 Å². The molecule has 0 fully saturated rings. The number of amides is 1. The minimum atomic E-state index is -0.816. The van der Waals surface area contributed by atoms with Crippen LogP contribution in [-0.4, -0.2) is 23.2 Å². The largest absolute Gasteiger partial charge is 0.388 e. The standard InChI is InChI=1S/C13H27NO2/c1-6-7-11(4)8-12(15)14-9-13(5,16)10(2)3/h10-11,16H,6-9H2,1-5H3,(H,14,15). The van der Waals surface area contributed by atoms with Crippen LogP contribution in [0.2, 0.25) is 0 Å². The Hall–Kier alpha value is -0.570. The Morgan fingerprint density at radius 3 is 2.38 bits per heavy atom. The summed E-state index contributed by atoms with van der Waals surface area (Å²) in [6, 6.07) is 0. The summed E-state index contributed by atoms with van der Waals surface area (Å²) in [6.45, 7) is 10.2. The molecule has 16 heavy (non-hydrogen) atoms. The molecule has 0 rings (SSSR count). The summed E-state index contributed by atoms with van der Waals surface area (Å²) in [4.78, 5) is 11.6. The minimum absolute atomic E-state index is 0.0434. The quantitative estimate of drug-likeness (QED) is 0.704. The first-order valence-corrected chi connectivity index (χ1v) is 6.28. The zero-order valence-electron chi connectivity index (χ0n) is 11.3. The molecule has 3 heteroatoms. The summed E-state index contributed by atoms with van der Waals surface area (Å²) in [5.74, 6) is 0.608. The number of carbonyl (C=O) groups excluding carboxylic acids is 1. The maximum absolute atomic E-state index is 11.6. The molecule has 0 aromatic carbocycles. The molecule has 0 radical (unpaired) electrons. The van der Waals surface area contributed by atoms with E-state index in [2.05, 4.69) is 19.2 Å². The second kappa shape index (κ2) is 6.89. The summed E-state index contributed by atoms with van der Waals surface area (Å²) >= 11 is 0. The molecular weight excluding hydrogens is 202 g/mol. The van der Waals surface area contributed by atoms with Crippen LogP contribution in [0.15, 0.2) is 0 Å². The lowest BCUT2D eigenvalue weighted by molar-refractivity contribution is -0.123. The van der Waals surface area contributed by atoms with Crippen LogP contribution >= 0.6 is 0 Å². The summed E-state index contributed by atoms with van der Waals surface area (Å²) in [7, 11) is 0. The predicted molar refractivity (Wildman–Crippen MR) is 67.2 cm³/mol. The average Bonchev–Trinajstić information content (AvgIpc) is 2.15. The van der Waals surface area contributed by atoms with E-state index in [1.165, 1.54) is 0 Å². The summed E-state index contributed by atoms with van der Waals surface area (Å²) in [5, 5.41) is 12.8. The van der Waals surface area contributed by atoms with Gasteiger partial charge in [-0.3, -0.25) is 4.79 Å². The first-order valence-electron chi connectivity index (χ1n) is 6.28. The van der Waals surface area contributed by atoms with Gasteiger partial charge in [-0.15, -0.1) is 0 Å². The first-order chi connectivity index (χ1) is 7.29. The number of hydrogen-bond donors (Lipinski definition) is 2. The van der Waals surface area contributed by atoms with Crippen molar-refractivity contribution in [1.82, 2.24) is 5.32 Å². The lowest BCUT2D eigenvalue weighted by Crippen LogP contribution is -2.44. The zero-order valence-corrected chi connectivity index (χ0v) is 11.3. The molecule has 0 saturated carbocycles. The van der Waals surface area contributed by atoms with E-state index in [4.69, 9.17) is 0 Å². The Bertz CT molecular complexity index is 212. The van der Waals surface area contributed by atoms with E-state index in [-0.39, 0.29) is 11.8 Å². The third-order valence-electron chi connectivity index (χ3n) is 3.20. The Balaban J connectivity index is 3.90. The van der Waals surface area contributed by atoms with Gasteiger partial charge in [-0.05, 0) is 18.8 Å². The molecule has 3 nitrogen and oxygen atoms in total. The Kier molecular flexibility index (Phi) is 6.65. The predicted octanol–water partition coefficient (Wildman–Crippen LogP) is 2.34. The van der Waals surface area contributed by atoms with Crippen LogP contribution in [0.3, 0.4) is 0 Å². The molecule has 0 aromatic rings. The van der Waals surface area contributed by atoms with Gasteiger partial charge in [0, 0.05) is 13.0 Å². The van der Waals surface area contributed by atoms with E-state index in [0.717, 1.165) is 12.8 Å². The van der Waals surface area contributed by atoms with Gasteiger partial charge >= 0.3 is 0 Å². The van der Waals surface area contributed by atoms with Crippen molar-refractivity contribution in [2.45, 2.75) is 59.5 Å². The van der Waals surface area contributed by atoms with Crippen LogP contribution in [-0.2, 0) is 4.79 Å². The molecule has 0 aromatic heterocycles. The van der Waals surface area contributed by atoms with E-state index in [9.17, 15) is 9.90 Å². The van der Waals surface area contributed by atoms with Crippen molar-refractivity contribution in [3.63, 3.8) is 0 Å². The van der Waals surface area contributed by atoms with E-state index in [1.54, 1.807) is 6.92 Å². The maximum atomic E-state index is 11.6.